The minimum Gasteiger partial charge on any atom is -0.381 e. The van der Waals surface area contributed by atoms with Gasteiger partial charge in [0.25, 0.3) is 0 Å². The first-order chi connectivity index (χ1) is 9.10. The van der Waals surface area contributed by atoms with E-state index in [4.69, 9.17) is 4.74 Å². The molecular formula is C16H32N2O. The highest BCUT2D eigenvalue weighted by Gasteiger charge is 2.34. The molecule has 19 heavy (non-hydrogen) atoms. The zero-order chi connectivity index (χ0) is 13.8. The number of hydrogen-bond acceptors (Lipinski definition) is 3. The highest BCUT2D eigenvalue weighted by Crippen LogP contribution is 2.29. The Hall–Kier alpha value is -0.120. The van der Waals surface area contributed by atoms with Crippen molar-refractivity contribution in [1.29, 1.82) is 0 Å². The van der Waals surface area contributed by atoms with Crippen LogP contribution in [0.3, 0.4) is 0 Å². The molecule has 1 aliphatic heterocycles. The van der Waals surface area contributed by atoms with Crippen molar-refractivity contribution in [3.05, 3.63) is 0 Å². The number of ether oxygens (including phenoxy) is 1. The van der Waals surface area contributed by atoms with Crippen LogP contribution in [0.1, 0.15) is 52.9 Å². The van der Waals surface area contributed by atoms with Crippen LogP contribution in [0.15, 0.2) is 0 Å². The molecule has 0 aromatic heterocycles. The second kappa shape index (κ2) is 7.05. The quantitative estimate of drug-likeness (QED) is 0.848. The van der Waals surface area contributed by atoms with E-state index in [2.05, 4.69) is 31.0 Å². The highest BCUT2D eigenvalue weighted by atomic mass is 16.5. The van der Waals surface area contributed by atoms with Crippen LogP contribution < -0.4 is 5.32 Å². The lowest BCUT2D eigenvalue weighted by atomic mass is 9.88. The molecule has 3 heteroatoms. The molecule has 2 rings (SSSR count). The Kier molecular flexibility index (Phi) is 5.67. The Labute approximate surface area is 119 Å². The maximum absolute atomic E-state index is 5.61. The fourth-order valence-electron chi connectivity index (χ4n) is 3.83. The van der Waals surface area contributed by atoms with E-state index in [0.717, 1.165) is 24.5 Å². The molecule has 0 radical (unpaired) electrons. The molecule has 0 amide bonds. The van der Waals surface area contributed by atoms with Gasteiger partial charge in [0.1, 0.15) is 0 Å². The van der Waals surface area contributed by atoms with Gasteiger partial charge in [-0.25, -0.2) is 0 Å². The van der Waals surface area contributed by atoms with Gasteiger partial charge in [-0.05, 0) is 44.9 Å². The second-order valence-corrected chi connectivity index (χ2v) is 6.97. The fourth-order valence-corrected chi connectivity index (χ4v) is 3.83. The molecule has 0 aromatic carbocycles. The van der Waals surface area contributed by atoms with Crippen LogP contribution in [0.5, 0.6) is 0 Å². The van der Waals surface area contributed by atoms with Gasteiger partial charge in [-0.3, -0.25) is 4.90 Å². The molecule has 3 nitrogen and oxygen atoms in total. The molecule has 0 bridgehead atoms. The van der Waals surface area contributed by atoms with Gasteiger partial charge in [0.05, 0.1) is 6.10 Å². The molecule has 1 saturated carbocycles. The van der Waals surface area contributed by atoms with Crippen molar-refractivity contribution in [2.45, 2.75) is 77.1 Å². The van der Waals surface area contributed by atoms with Gasteiger partial charge in [0.2, 0.25) is 0 Å². The van der Waals surface area contributed by atoms with Gasteiger partial charge in [0.15, 0.2) is 0 Å². The third-order valence-electron chi connectivity index (χ3n) is 4.80. The van der Waals surface area contributed by atoms with Crippen LogP contribution in [0.25, 0.3) is 0 Å². The fraction of sp³-hybridized carbons (Fsp3) is 1.00. The Morgan fingerprint density at radius 2 is 2.11 bits per heavy atom. The first-order valence-corrected chi connectivity index (χ1v) is 8.12. The maximum Gasteiger partial charge on any atom is 0.0586 e. The van der Waals surface area contributed by atoms with E-state index >= 15 is 0 Å². The van der Waals surface area contributed by atoms with E-state index in [1.807, 2.05) is 7.11 Å². The van der Waals surface area contributed by atoms with Crippen molar-refractivity contribution in [2.24, 2.45) is 5.92 Å². The summed E-state index contributed by atoms with van der Waals surface area (Å²) in [6.07, 6.45) is 6.98. The zero-order valence-electron chi connectivity index (χ0n) is 13.2. The summed E-state index contributed by atoms with van der Waals surface area (Å²) in [6.45, 7) is 9.37. The number of hydrogen-bond donors (Lipinski definition) is 1. The van der Waals surface area contributed by atoms with Crippen molar-refractivity contribution in [3.8, 4) is 0 Å². The van der Waals surface area contributed by atoms with Crippen LogP contribution in [0.4, 0.5) is 0 Å². The van der Waals surface area contributed by atoms with Crippen molar-refractivity contribution in [3.63, 3.8) is 0 Å². The summed E-state index contributed by atoms with van der Waals surface area (Å²) in [7, 11) is 1.87. The molecule has 2 aliphatic rings. The summed E-state index contributed by atoms with van der Waals surface area (Å²) in [4.78, 5) is 2.80. The van der Waals surface area contributed by atoms with Crippen molar-refractivity contribution in [2.75, 3.05) is 20.2 Å². The average Bonchev–Trinajstić information content (AvgIpc) is 2.40. The Balaban J connectivity index is 1.99. The predicted molar refractivity (Wildman–Crippen MR) is 80.5 cm³/mol. The smallest absolute Gasteiger partial charge is 0.0586 e. The van der Waals surface area contributed by atoms with Gasteiger partial charge in [-0.2, -0.15) is 0 Å². The average molecular weight is 268 g/mol. The van der Waals surface area contributed by atoms with Gasteiger partial charge in [-0.15, -0.1) is 0 Å². The standard InChI is InChI=1S/C16H32N2O/c1-12(2)8-15-10-17-13(3)11-18(15)14-6-5-7-16(9-14)19-4/h12-17H,5-11H2,1-4H3. The van der Waals surface area contributed by atoms with E-state index in [9.17, 15) is 0 Å². The summed E-state index contributed by atoms with van der Waals surface area (Å²) >= 11 is 0. The molecule has 0 spiro atoms. The lowest BCUT2D eigenvalue weighted by Gasteiger charge is -2.47. The van der Waals surface area contributed by atoms with E-state index in [0.29, 0.717) is 12.1 Å². The first-order valence-electron chi connectivity index (χ1n) is 8.12. The third kappa shape index (κ3) is 4.17. The Bertz CT molecular complexity index is 269. The number of piperazine rings is 1. The van der Waals surface area contributed by atoms with Gasteiger partial charge in [0, 0.05) is 38.3 Å². The predicted octanol–water partition coefficient (Wildman–Crippen LogP) is 2.65. The van der Waals surface area contributed by atoms with Crippen LogP contribution in [0.2, 0.25) is 0 Å². The zero-order valence-corrected chi connectivity index (χ0v) is 13.2. The molecule has 1 N–H and O–H groups in total. The molecule has 0 aromatic rings. The van der Waals surface area contributed by atoms with Crippen LogP contribution in [-0.2, 0) is 4.74 Å². The Morgan fingerprint density at radius 1 is 1.32 bits per heavy atom. The summed E-state index contributed by atoms with van der Waals surface area (Å²) in [5.41, 5.74) is 0. The molecular weight excluding hydrogens is 236 g/mol. The van der Waals surface area contributed by atoms with E-state index in [1.54, 1.807) is 0 Å². The minimum atomic E-state index is 0.489. The monoisotopic (exact) mass is 268 g/mol. The normalized spacial score (nSPS) is 37.7. The summed E-state index contributed by atoms with van der Waals surface area (Å²) < 4.78 is 5.61. The summed E-state index contributed by atoms with van der Waals surface area (Å²) in [5.74, 6) is 0.782. The van der Waals surface area contributed by atoms with E-state index < -0.39 is 0 Å². The number of rotatable bonds is 4. The van der Waals surface area contributed by atoms with Crippen LogP contribution >= 0.6 is 0 Å². The van der Waals surface area contributed by atoms with Crippen molar-refractivity contribution < 1.29 is 4.74 Å². The van der Waals surface area contributed by atoms with Gasteiger partial charge < -0.3 is 10.1 Å². The highest BCUT2D eigenvalue weighted by molar-refractivity contribution is 4.91. The minimum absolute atomic E-state index is 0.489. The SMILES string of the molecule is COC1CCCC(N2CC(C)NCC2CC(C)C)C1. The van der Waals surface area contributed by atoms with Crippen molar-refractivity contribution >= 4 is 0 Å². The molecule has 1 aliphatic carbocycles. The largest absolute Gasteiger partial charge is 0.381 e. The number of nitrogens with one attached hydrogen (secondary N) is 1. The molecule has 1 saturated heterocycles. The summed E-state index contributed by atoms with van der Waals surface area (Å²) in [5, 5.41) is 3.66. The Morgan fingerprint density at radius 3 is 2.79 bits per heavy atom. The molecule has 4 atom stereocenters. The second-order valence-electron chi connectivity index (χ2n) is 6.97. The molecule has 2 fully saturated rings. The van der Waals surface area contributed by atoms with Crippen LogP contribution in [-0.4, -0.2) is 49.3 Å². The van der Waals surface area contributed by atoms with Crippen molar-refractivity contribution in [1.82, 2.24) is 10.2 Å². The van der Waals surface area contributed by atoms with Crippen LogP contribution in [0, 0.1) is 5.92 Å². The lowest BCUT2D eigenvalue weighted by molar-refractivity contribution is -0.00264. The summed E-state index contributed by atoms with van der Waals surface area (Å²) in [6, 6.07) is 2.09. The van der Waals surface area contributed by atoms with E-state index in [-0.39, 0.29) is 0 Å². The number of nitrogens with zero attached hydrogens (tertiary/aromatic N) is 1. The topological polar surface area (TPSA) is 24.5 Å². The number of methoxy groups -OCH3 is 1. The van der Waals surface area contributed by atoms with Gasteiger partial charge >= 0.3 is 0 Å². The first kappa shape index (κ1) is 15.3. The molecule has 1 heterocycles. The van der Waals surface area contributed by atoms with E-state index in [1.165, 1.54) is 38.6 Å². The third-order valence-corrected chi connectivity index (χ3v) is 4.80. The maximum atomic E-state index is 5.61. The molecule has 112 valence electrons. The van der Waals surface area contributed by atoms with Gasteiger partial charge in [-0.1, -0.05) is 13.8 Å². The lowest BCUT2D eigenvalue weighted by Crippen LogP contribution is -2.59. The molecule has 4 unspecified atom stereocenters.